The molecular weight excluding hydrogens is 353 g/mol. The maximum absolute atomic E-state index is 7.06. The van der Waals surface area contributed by atoms with Gasteiger partial charge in [-0.1, -0.05) is 0 Å². The van der Waals surface area contributed by atoms with Gasteiger partial charge in [-0.15, -0.1) is 0 Å². The molecule has 0 aliphatic heterocycles. The van der Waals surface area contributed by atoms with Crippen LogP contribution in [-0.2, 0) is 0 Å². The van der Waals surface area contributed by atoms with Crippen LogP contribution in [0.4, 0.5) is 5.69 Å². The number of hydrogen-bond acceptors (Lipinski definition) is 3. The smallest absolute Gasteiger partial charge is 0.246 e. The number of nitrogens with zero attached hydrogens (tertiary/aromatic N) is 3. The van der Waals surface area contributed by atoms with Gasteiger partial charge >= 0.3 is 0 Å². The Morgan fingerprint density at radius 3 is 2.84 bits per heavy atom. The molecule has 0 atom stereocenters. The van der Waals surface area contributed by atoms with Crippen molar-refractivity contribution in [3.8, 4) is 11.6 Å². The summed E-state index contributed by atoms with van der Waals surface area (Å²) >= 11 is 2.20. The van der Waals surface area contributed by atoms with Gasteiger partial charge in [0.25, 0.3) is 0 Å². The molecule has 92 valence electrons. The first-order chi connectivity index (χ1) is 9.17. The maximum atomic E-state index is 7.06. The summed E-state index contributed by atoms with van der Waals surface area (Å²) in [4.78, 5) is 12.1. The van der Waals surface area contributed by atoms with Crippen LogP contribution >= 0.6 is 22.6 Å². The highest BCUT2D eigenvalue weighted by atomic mass is 127. The van der Waals surface area contributed by atoms with E-state index < -0.39 is 0 Å². The third-order valence-corrected chi connectivity index (χ3v) is 3.37. The van der Waals surface area contributed by atoms with Gasteiger partial charge in [0.2, 0.25) is 5.89 Å². The Labute approximate surface area is 123 Å². The number of aromatic nitrogens is 2. The van der Waals surface area contributed by atoms with Gasteiger partial charge in [0.15, 0.2) is 11.3 Å². The average Bonchev–Trinajstić information content (AvgIpc) is 2.84. The lowest BCUT2D eigenvalue weighted by atomic mass is 10.2. The third-order valence-electron chi connectivity index (χ3n) is 2.74. The average molecular weight is 361 g/mol. The van der Waals surface area contributed by atoms with Crippen molar-refractivity contribution in [2.24, 2.45) is 0 Å². The lowest BCUT2D eigenvalue weighted by Gasteiger charge is -1.94. The highest BCUT2D eigenvalue weighted by molar-refractivity contribution is 14.1. The number of fused-ring (bicyclic) bond motifs is 1. The van der Waals surface area contributed by atoms with E-state index in [2.05, 4.69) is 37.4 Å². The highest BCUT2D eigenvalue weighted by Crippen LogP contribution is 2.29. The molecular formula is C14H8IN3O. The SMILES string of the molecule is [C-]#[N+]c1cc(C)c2oc(-c3ccc(I)cn3)nc2c1. The summed E-state index contributed by atoms with van der Waals surface area (Å²) in [5.74, 6) is 0.483. The molecule has 1 aromatic carbocycles. The lowest BCUT2D eigenvalue weighted by molar-refractivity contribution is 0.614. The molecule has 0 fully saturated rings. The Hall–Kier alpha value is -1.94. The highest BCUT2D eigenvalue weighted by Gasteiger charge is 2.12. The second-order valence-corrected chi connectivity index (χ2v) is 5.35. The number of benzene rings is 1. The van der Waals surface area contributed by atoms with E-state index in [9.17, 15) is 0 Å². The van der Waals surface area contributed by atoms with E-state index in [1.807, 2.05) is 19.1 Å². The monoisotopic (exact) mass is 361 g/mol. The van der Waals surface area contributed by atoms with Crippen LogP contribution in [0.5, 0.6) is 0 Å². The van der Waals surface area contributed by atoms with Crippen LogP contribution < -0.4 is 0 Å². The maximum Gasteiger partial charge on any atom is 0.246 e. The lowest BCUT2D eigenvalue weighted by Crippen LogP contribution is -1.83. The molecule has 2 aromatic heterocycles. The van der Waals surface area contributed by atoms with E-state index in [-0.39, 0.29) is 0 Å². The number of hydrogen-bond donors (Lipinski definition) is 0. The summed E-state index contributed by atoms with van der Waals surface area (Å²) < 4.78 is 6.80. The number of aryl methyl sites for hydroxylation is 1. The summed E-state index contributed by atoms with van der Waals surface area (Å²) in [6.45, 7) is 8.97. The molecule has 0 amide bonds. The van der Waals surface area contributed by atoms with E-state index in [0.717, 1.165) is 9.13 Å². The summed E-state index contributed by atoms with van der Waals surface area (Å²) in [6.07, 6.45) is 1.77. The Kier molecular flexibility index (Phi) is 2.95. The predicted molar refractivity (Wildman–Crippen MR) is 81.0 cm³/mol. The number of halogens is 1. The molecule has 0 spiro atoms. The zero-order valence-corrected chi connectivity index (χ0v) is 12.2. The van der Waals surface area contributed by atoms with Gasteiger partial charge in [-0.25, -0.2) is 9.83 Å². The minimum Gasteiger partial charge on any atom is -0.435 e. The van der Waals surface area contributed by atoms with Crippen molar-refractivity contribution >= 4 is 39.4 Å². The van der Waals surface area contributed by atoms with Gasteiger partial charge in [-0.3, -0.25) is 4.98 Å². The van der Waals surface area contributed by atoms with Gasteiger partial charge in [0, 0.05) is 9.77 Å². The molecule has 0 aliphatic carbocycles. The van der Waals surface area contributed by atoms with Crippen molar-refractivity contribution in [3.05, 3.63) is 51.0 Å². The van der Waals surface area contributed by atoms with Crippen LogP contribution in [0.3, 0.4) is 0 Å². The van der Waals surface area contributed by atoms with Crippen LogP contribution in [0.15, 0.2) is 34.9 Å². The zero-order valence-electron chi connectivity index (χ0n) is 10.0. The van der Waals surface area contributed by atoms with Crippen molar-refractivity contribution in [1.82, 2.24) is 9.97 Å². The normalized spacial score (nSPS) is 10.6. The Morgan fingerprint density at radius 1 is 1.32 bits per heavy atom. The zero-order chi connectivity index (χ0) is 13.4. The van der Waals surface area contributed by atoms with Crippen LogP contribution in [0.2, 0.25) is 0 Å². The molecule has 0 saturated carbocycles. The first-order valence-electron chi connectivity index (χ1n) is 5.58. The van der Waals surface area contributed by atoms with Crippen molar-refractivity contribution in [1.29, 1.82) is 0 Å². The first-order valence-corrected chi connectivity index (χ1v) is 6.66. The molecule has 5 heteroatoms. The third kappa shape index (κ3) is 2.19. The van der Waals surface area contributed by atoms with E-state index in [1.165, 1.54) is 0 Å². The fraction of sp³-hybridized carbons (Fsp3) is 0.0714. The molecule has 3 aromatic rings. The summed E-state index contributed by atoms with van der Waals surface area (Å²) in [6, 6.07) is 7.35. The van der Waals surface area contributed by atoms with E-state index in [1.54, 1.807) is 18.3 Å². The summed E-state index contributed by atoms with van der Waals surface area (Å²) in [7, 11) is 0. The topological polar surface area (TPSA) is 43.3 Å². The number of rotatable bonds is 1. The van der Waals surface area contributed by atoms with Gasteiger partial charge in [0.05, 0.1) is 12.1 Å². The van der Waals surface area contributed by atoms with Gasteiger partial charge in [-0.2, -0.15) is 0 Å². The molecule has 19 heavy (non-hydrogen) atoms. The van der Waals surface area contributed by atoms with Gasteiger partial charge in [0.1, 0.15) is 5.69 Å². The van der Waals surface area contributed by atoms with Crippen molar-refractivity contribution in [2.75, 3.05) is 0 Å². The standard InChI is InChI=1S/C14H8IN3O/c1-8-5-10(16-2)6-12-13(8)19-14(18-12)11-4-3-9(15)7-17-11/h3-7H,1H3. The Morgan fingerprint density at radius 2 is 2.16 bits per heavy atom. The van der Waals surface area contributed by atoms with Crippen LogP contribution in [0.25, 0.3) is 27.5 Å². The molecule has 0 aliphatic rings. The fourth-order valence-corrected chi connectivity index (χ4v) is 2.18. The molecule has 3 rings (SSSR count). The van der Waals surface area contributed by atoms with Crippen molar-refractivity contribution < 1.29 is 4.42 Å². The molecule has 0 radical (unpaired) electrons. The van der Waals surface area contributed by atoms with Crippen LogP contribution in [0, 0.1) is 17.1 Å². The fourth-order valence-electron chi connectivity index (χ4n) is 1.86. The second-order valence-electron chi connectivity index (χ2n) is 4.10. The van der Waals surface area contributed by atoms with Crippen LogP contribution in [0.1, 0.15) is 5.56 Å². The van der Waals surface area contributed by atoms with Gasteiger partial charge in [-0.05, 0) is 59.3 Å². The molecule has 2 heterocycles. The predicted octanol–water partition coefficient (Wildman–Crippen LogP) is 4.35. The molecule has 0 N–H and O–H groups in total. The molecule has 0 saturated heterocycles. The van der Waals surface area contributed by atoms with Crippen molar-refractivity contribution in [2.45, 2.75) is 6.92 Å². The number of oxazole rings is 1. The second kappa shape index (κ2) is 4.63. The first kappa shape index (κ1) is 12.1. The quantitative estimate of drug-likeness (QED) is 0.478. The summed E-state index contributed by atoms with van der Waals surface area (Å²) in [5, 5.41) is 0. The minimum atomic E-state index is 0.483. The van der Waals surface area contributed by atoms with Crippen LogP contribution in [-0.4, -0.2) is 9.97 Å². The Bertz CT molecular complexity index is 800. The minimum absolute atomic E-state index is 0.483. The Balaban J connectivity index is 2.19. The largest absolute Gasteiger partial charge is 0.435 e. The van der Waals surface area contributed by atoms with E-state index >= 15 is 0 Å². The van der Waals surface area contributed by atoms with E-state index in [4.69, 9.17) is 11.0 Å². The molecule has 0 unspecified atom stereocenters. The van der Waals surface area contributed by atoms with Crippen molar-refractivity contribution in [3.63, 3.8) is 0 Å². The molecule has 0 bridgehead atoms. The van der Waals surface area contributed by atoms with Gasteiger partial charge < -0.3 is 4.42 Å². The molecule has 4 nitrogen and oxygen atoms in total. The summed E-state index contributed by atoms with van der Waals surface area (Å²) in [5.41, 5.74) is 3.58. The number of pyridine rings is 1. The van der Waals surface area contributed by atoms with E-state index in [0.29, 0.717) is 28.4 Å².